The van der Waals surface area contributed by atoms with Gasteiger partial charge in [-0.25, -0.2) is 4.98 Å². The van der Waals surface area contributed by atoms with Gasteiger partial charge in [0.25, 0.3) is 0 Å². The van der Waals surface area contributed by atoms with Crippen LogP contribution in [0.5, 0.6) is 0 Å². The van der Waals surface area contributed by atoms with Crippen molar-refractivity contribution >= 4 is 23.1 Å². The number of fused-ring (bicyclic) bond motifs is 1. The van der Waals surface area contributed by atoms with Crippen LogP contribution in [0.15, 0.2) is 30.3 Å². The van der Waals surface area contributed by atoms with E-state index in [4.69, 9.17) is 10.7 Å². The van der Waals surface area contributed by atoms with Crippen LogP contribution in [0.25, 0.3) is 0 Å². The normalized spacial score (nSPS) is 16.1. The molecule has 4 rings (SSSR count). The van der Waals surface area contributed by atoms with Crippen molar-refractivity contribution in [2.75, 3.05) is 23.3 Å². The zero-order valence-electron chi connectivity index (χ0n) is 14.4. The molecule has 25 heavy (non-hydrogen) atoms. The van der Waals surface area contributed by atoms with Gasteiger partial charge in [0.05, 0.1) is 6.42 Å². The monoisotopic (exact) mass is 336 g/mol. The largest absolute Gasteiger partial charge is 0.369 e. The fourth-order valence-electron chi connectivity index (χ4n) is 3.81. The molecule has 1 fully saturated rings. The number of nitrogens with one attached hydrogen (secondary N) is 1. The average Bonchev–Trinajstić information content (AvgIpc) is 3.27. The molecule has 1 amide bonds. The highest BCUT2D eigenvalue weighted by Gasteiger charge is 2.21. The molecule has 0 saturated carbocycles. The summed E-state index contributed by atoms with van der Waals surface area (Å²) in [5.41, 5.74) is 11.0. The van der Waals surface area contributed by atoms with Gasteiger partial charge in [-0.1, -0.05) is 12.1 Å². The summed E-state index contributed by atoms with van der Waals surface area (Å²) >= 11 is 0. The molecule has 2 aromatic rings. The molecular formula is C20H24N4O. The Bertz CT molecular complexity index is 779. The van der Waals surface area contributed by atoms with E-state index < -0.39 is 0 Å². The Morgan fingerprint density at radius 3 is 2.60 bits per heavy atom. The lowest BCUT2D eigenvalue weighted by atomic mass is 10.1. The van der Waals surface area contributed by atoms with Crippen molar-refractivity contribution in [3.05, 3.63) is 47.2 Å². The number of primary amides is 1. The number of carbonyl (C=O) groups is 1. The fourth-order valence-corrected chi connectivity index (χ4v) is 3.81. The SMILES string of the molecule is NC(=O)Cc1ccc(Nc2cc(N3CCCC3)nc3c2CCC3)cc1. The topological polar surface area (TPSA) is 71.2 Å². The van der Waals surface area contributed by atoms with Crippen LogP contribution in [0.2, 0.25) is 0 Å². The van der Waals surface area contributed by atoms with E-state index in [0.717, 1.165) is 43.0 Å². The summed E-state index contributed by atoms with van der Waals surface area (Å²) in [6.45, 7) is 2.21. The number of benzene rings is 1. The lowest BCUT2D eigenvalue weighted by Crippen LogP contribution is -2.19. The third kappa shape index (κ3) is 3.45. The molecule has 1 saturated heterocycles. The number of aryl methyl sites for hydroxylation is 1. The minimum atomic E-state index is -0.303. The summed E-state index contributed by atoms with van der Waals surface area (Å²) in [5.74, 6) is 0.800. The molecule has 5 nitrogen and oxygen atoms in total. The highest BCUT2D eigenvalue weighted by atomic mass is 16.1. The number of nitrogens with two attached hydrogens (primary N) is 1. The third-order valence-electron chi connectivity index (χ3n) is 5.08. The van der Waals surface area contributed by atoms with E-state index >= 15 is 0 Å². The summed E-state index contributed by atoms with van der Waals surface area (Å²) < 4.78 is 0. The van der Waals surface area contributed by atoms with Crippen LogP contribution < -0.4 is 16.0 Å². The predicted octanol–water partition coefficient (Wildman–Crippen LogP) is 2.94. The summed E-state index contributed by atoms with van der Waals surface area (Å²) in [6.07, 6.45) is 6.13. The van der Waals surface area contributed by atoms with Crippen molar-refractivity contribution in [1.29, 1.82) is 0 Å². The molecule has 0 unspecified atom stereocenters. The summed E-state index contributed by atoms with van der Waals surface area (Å²) in [5, 5.41) is 3.57. The molecule has 1 aromatic heterocycles. The lowest BCUT2D eigenvalue weighted by Gasteiger charge is -2.20. The Morgan fingerprint density at radius 1 is 1.12 bits per heavy atom. The van der Waals surface area contributed by atoms with E-state index in [9.17, 15) is 4.79 Å². The molecule has 0 radical (unpaired) electrons. The van der Waals surface area contributed by atoms with Gasteiger partial charge in [0.1, 0.15) is 5.82 Å². The molecule has 1 aromatic carbocycles. The van der Waals surface area contributed by atoms with E-state index in [2.05, 4.69) is 16.3 Å². The van der Waals surface area contributed by atoms with Gasteiger partial charge in [-0.2, -0.15) is 0 Å². The molecule has 2 aliphatic rings. The van der Waals surface area contributed by atoms with Gasteiger partial charge in [-0.15, -0.1) is 0 Å². The second-order valence-electron chi connectivity index (χ2n) is 6.97. The maximum absolute atomic E-state index is 11.0. The van der Waals surface area contributed by atoms with Crippen LogP contribution in [0.4, 0.5) is 17.2 Å². The first-order valence-corrected chi connectivity index (χ1v) is 9.11. The summed E-state index contributed by atoms with van der Waals surface area (Å²) in [4.78, 5) is 18.3. The fraction of sp³-hybridized carbons (Fsp3) is 0.400. The van der Waals surface area contributed by atoms with Crippen molar-refractivity contribution in [3.8, 4) is 0 Å². The number of nitrogens with zero attached hydrogens (tertiary/aromatic N) is 2. The predicted molar refractivity (Wildman–Crippen MR) is 100 cm³/mol. The van der Waals surface area contributed by atoms with E-state index in [-0.39, 0.29) is 12.3 Å². The third-order valence-corrected chi connectivity index (χ3v) is 5.08. The molecule has 1 aliphatic heterocycles. The van der Waals surface area contributed by atoms with Gasteiger partial charge >= 0.3 is 0 Å². The Labute approximate surface area is 148 Å². The number of amides is 1. The molecule has 0 atom stereocenters. The van der Waals surface area contributed by atoms with Gasteiger partial charge in [0.15, 0.2) is 0 Å². The maximum Gasteiger partial charge on any atom is 0.221 e. The molecule has 5 heteroatoms. The second-order valence-corrected chi connectivity index (χ2v) is 6.97. The molecule has 0 spiro atoms. The van der Waals surface area contributed by atoms with Crippen molar-refractivity contribution in [3.63, 3.8) is 0 Å². The highest BCUT2D eigenvalue weighted by molar-refractivity contribution is 5.77. The number of anilines is 3. The van der Waals surface area contributed by atoms with Crippen molar-refractivity contribution in [2.24, 2.45) is 5.73 Å². The maximum atomic E-state index is 11.0. The Morgan fingerprint density at radius 2 is 1.88 bits per heavy atom. The number of pyridine rings is 1. The van der Waals surface area contributed by atoms with Crippen LogP contribution in [-0.4, -0.2) is 24.0 Å². The standard InChI is InChI=1S/C20H24N4O/c21-19(25)12-14-6-8-15(9-7-14)22-18-13-20(24-10-1-2-11-24)23-17-5-3-4-16(17)18/h6-9,13H,1-5,10-12H2,(H2,21,25)(H,22,23). The highest BCUT2D eigenvalue weighted by Crippen LogP contribution is 2.34. The quantitative estimate of drug-likeness (QED) is 0.881. The van der Waals surface area contributed by atoms with E-state index in [1.54, 1.807) is 0 Å². The molecule has 1 aliphatic carbocycles. The molecular weight excluding hydrogens is 312 g/mol. The zero-order chi connectivity index (χ0) is 17.2. The molecule has 2 heterocycles. The van der Waals surface area contributed by atoms with E-state index in [1.807, 2.05) is 24.3 Å². The lowest BCUT2D eigenvalue weighted by molar-refractivity contribution is -0.117. The Hall–Kier alpha value is -2.56. The van der Waals surface area contributed by atoms with E-state index in [0.29, 0.717) is 0 Å². The first kappa shape index (κ1) is 15.9. The average molecular weight is 336 g/mol. The van der Waals surface area contributed by atoms with Crippen LogP contribution in [0.3, 0.4) is 0 Å². The summed E-state index contributed by atoms with van der Waals surface area (Å²) in [6, 6.07) is 10.1. The molecule has 0 bridgehead atoms. The van der Waals surface area contributed by atoms with Crippen molar-refractivity contribution in [1.82, 2.24) is 4.98 Å². The van der Waals surface area contributed by atoms with Gasteiger partial charge in [-0.3, -0.25) is 4.79 Å². The van der Waals surface area contributed by atoms with Gasteiger partial charge in [0, 0.05) is 36.2 Å². The van der Waals surface area contributed by atoms with Crippen LogP contribution in [0, 0.1) is 0 Å². The van der Waals surface area contributed by atoms with Crippen molar-refractivity contribution in [2.45, 2.75) is 38.5 Å². The van der Waals surface area contributed by atoms with Gasteiger partial charge in [-0.05, 0) is 55.4 Å². The number of aromatic nitrogens is 1. The first-order valence-electron chi connectivity index (χ1n) is 9.11. The first-order chi connectivity index (χ1) is 12.2. The smallest absolute Gasteiger partial charge is 0.221 e. The molecule has 3 N–H and O–H groups in total. The number of rotatable bonds is 5. The molecule has 130 valence electrons. The van der Waals surface area contributed by atoms with Crippen molar-refractivity contribution < 1.29 is 4.79 Å². The Kier molecular flexibility index (Phi) is 4.30. The zero-order valence-corrected chi connectivity index (χ0v) is 14.4. The van der Waals surface area contributed by atoms with Crippen LogP contribution in [-0.2, 0) is 24.1 Å². The second kappa shape index (κ2) is 6.75. The minimum absolute atomic E-state index is 0.282. The van der Waals surface area contributed by atoms with Gasteiger partial charge in [0.2, 0.25) is 5.91 Å². The van der Waals surface area contributed by atoms with Crippen LogP contribution in [0.1, 0.15) is 36.1 Å². The minimum Gasteiger partial charge on any atom is -0.369 e. The summed E-state index contributed by atoms with van der Waals surface area (Å²) in [7, 11) is 0. The number of hydrogen-bond donors (Lipinski definition) is 2. The number of hydrogen-bond acceptors (Lipinski definition) is 4. The number of carbonyl (C=O) groups excluding carboxylic acids is 1. The van der Waals surface area contributed by atoms with E-state index in [1.165, 1.54) is 36.2 Å². The Balaban J connectivity index is 1.59. The van der Waals surface area contributed by atoms with Gasteiger partial charge < -0.3 is 16.0 Å². The van der Waals surface area contributed by atoms with Crippen LogP contribution >= 0.6 is 0 Å².